The Bertz CT molecular complexity index is 1930. The number of carbonyl (C=O) groups excluding carboxylic acids is 1. The maximum Gasteiger partial charge on any atom is 0.332 e. The number of benzene rings is 2. The number of nitrogens with zero attached hydrogens (tertiary/aromatic N) is 3. The van der Waals surface area contributed by atoms with Gasteiger partial charge in [0.15, 0.2) is 0 Å². The summed E-state index contributed by atoms with van der Waals surface area (Å²) in [4.78, 5) is 17.0. The van der Waals surface area contributed by atoms with E-state index in [1.54, 1.807) is 0 Å². The zero-order valence-electron chi connectivity index (χ0n) is 33.5. The Kier molecular flexibility index (Phi) is 14.4. The highest BCUT2D eigenvalue weighted by atomic mass is 32.2. The molecule has 2 saturated heterocycles. The van der Waals surface area contributed by atoms with Crippen molar-refractivity contribution in [2.24, 2.45) is 5.14 Å². The summed E-state index contributed by atoms with van der Waals surface area (Å²) in [6.45, 7) is 7.82. The zero-order valence-corrected chi connectivity index (χ0v) is 35.1. The van der Waals surface area contributed by atoms with Gasteiger partial charge in [0.2, 0.25) is 20.0 Å². The van der Waals surface area contributed by atoms with E-state index in [1.165, 1.54) is 63.8 Å². The van der Waals surface area contributed by atoms with Crippen LogP contribution in [0.15, 0.2) is 12.1 Å². The van der Waals surface area contributed by atoms with Gasteiger partial charge in [0.25, 0.3) is 6.26 Å². The molecule has 2 aliphatic heterocycles. The average Bonchev–Trinajstić information content (AvgIpc) is 3.99. The van der Waals surface area contributed by atoms with E-state index in [0.717, 1.165) is 134 Å². The number of piperidine rings is 2. The summed E-state index contributed by atoms with van der Waals surface area (Å²) in [5.74, 6) is 1.00. The van der Waals surface area contributed by atoms with Gasteiger partial charge in [0.05, 0.1) is 11.5 Å². The van der Waals surface area contributed by atoms with Crippen molar-refractivity contribution in [3.05, 3.63) is 56.6 Å². The molecule has 0 bridgehead atoms. The number of ether oxygens (including phenoxy) is 1. The molecule has 4 N–H and O–H groups in total. The first-order valence-corrected chi connectivity index (χ1v) is 24.4. The van der Waals surface area contributed by atoms with E-state index in [4.69, 9.17) is 15.1 Å². The van der Waals surface area contributed by atoms with E-state index in [-0.39, 0.29) is 23.6 Å². The highest BCUT2D eigenvalue weighted by molar-refractivity contribution is 7.90. The van der Waals surface area contributed by atoms with Crippen molar-refractivity contribution in [3.8, 4) is 12.0 Å². The number of nitriles is 1. The lowest BCUT2D eigenvalue weighted by molar-refractivity contribution is 0.171. The van der Waals surface area contributed by atoms with Crippen molar-refractivity contribution in [2.45, 2.75) is 142 Å². The first kappa shape index (κ1) is 42.4. The van der Waals surface area contributed by atoms with Gasteiger partial charge in [-0.2, -0.15) is 0 Å². The topological polar surface area (TPSA) is 175 Å². The Labute approximate surface area is 335 Å². The minimum Gasteiger partial charge on any atom is -0.387 e. The summed E-state index contributed by atoms with van der Waals surface area (Å²) in [5.41, 5.74) is 11.4. The van der Waals surface area contributed by atoms with Crippen LogP contribution in [0.4, 0.5) is 10.5 Å². The fourth-order valence-corrected chi connectivity index (χ4v) is 12.3. The predicted molar refractivity (Wildman–Crippen MR) is 221 cm³/mol. The number of nitrogens with two attached hydrogens (primary N) is 1. The quantitative estimate of drug-likeness (QED) is 0.270. The van der Waals surface area contributed by atoms with Gasteiger partial charge in [-0.25, -0.2) is 31.5 Å². The van der Waals surface area contributed by atoms with Gasteiger partial charge in [-0.05, 0) is 173 Å². The molecule has 0 aromatic heterocycles. The lowest BCUT2D eigenvalue weighted by Gasteiger charge is -2.34. The van der Waals surface area contributed by atoms with E-state index in [0.29, 0.717) is 0 Å². The van der Waals surface area contributed by atoms with Gasteiger partial charge in [-0.3, -0.25) is 9.80 Å². The zero-order chi connectivity index (χ0) is 39.9. The standard InChI is InChI=1S/C21H31N3O3S.C13H13NO.C8H18N2O2S/c1-2-24-12-4-3-9-17(24)14-28(26,27)23-21(25)22-20-18-10-5-7-15(18)13-16-8-6-11-19(16)20;14-8-15-13-11-5-1-3-9(11)7-10-4-2-6-12(10)13;1-2-10-6-4-3-5-8(10)7-13(9,11)12/h13,17H,2-12,14H2,1H3,(H2,22,23,25);7H,1-6H2;8H,2-7H2,1H3,(H2,9,11,12). The number of amides is 2. The van der Waals surface area contributed by atoms with Crippen LogP contribution >= 0.6 is 0 Å². The van der Waals surface area contributed by atoms with Gasteiger partial charge in [0, 0.05) is 17.8 Å². The van der Waals surface area contributed by atoms with Crippen LogP contribution in [0.1, 0.15) is 123 Å². The largest absolute Gasteiger partial charge is 0.387 e. The van der Waals surface area contributed by atoms with E-state index >= 15 is 0 Å². The number of carbonyl (C=O) groups is 1. The van der Waals surface area contributed by atoms with Gasteiger partial charge < -0.3 is 10.1 Å². The van der Waals surface area contributed by atoms with Crippen molar-refractivity contribution >= 4 is 31.8 Å². The summed E-state index contributed by atoms with van der Waals surface area (Å²) in [6.07, 6.45) is 21.2. The maximum atomic E-state index is 12.6. The lowest BCUT2D eigenvalue weighted by Crippen LogP contribution is -2.47. The molecule has 2 atom stereocenters. The fourth-order valence-electron chi connectivity index (χ4n) is 10.1. The molecule has 2 amide bonds. The molecule has 0 radical (unpaired) electrons. The first-order chi connectivity index (χ1) is 26.9. The number of hydrogen-bond acceptors (Lipinski definition) is 9. The smallest absolute Gasteiger partial charge is 0.332 e. The van der Waals surface area contributed by atoms with Crippen molar-refractivity contribution in [3.63, 3.8) is 0 Å². The molecule has 2 fully saturated rings. The number of rotatable bonds is 9. The highest BCUT2D eigenvalue weighted by Crippen LogP contribution is 2.40. The van der Waals surface area contributed by atoms with Gasteiger partial charge >= 0.3 is 6.03 Å². The summed E-state index contributed by atoms with van der Waals surface area (Å²) < 4.78 is 54.6. The molecular formula is C42H62N6O6S2. The number of aryl methyl sites for hydroxylation is 4. The second kappa shape index (κ2) is 19.0. The normalized spacial score (nSPS) is 21.6. The third kappa shape index (κ3) is 10.6. The number of likely N-dealkylation sites (tertiary alicyclic amines) is 2. The number of nitrogens with one attached hydrogen (secondary N) is 2. The van der Waals surface area contributed by atoms with Gasteiger partial charge in [-0.15, -0.1) is 5.26 Å². The molecule has 308 valence electrons. The minimum atomic E-state index is -3.68. The number of fused-ring (bicyclic) bond motifs is 4. The molecule has 2 heterocycles. The Morgan fingerprint density at radius 2 is 1.16 bits per heavy atom. The maximum absolute atomic E-state index is 12.6. The molecule has 12 nitrogen and oxygen atoms in total. The number of anilines is 1. The molecule has 8 rings (SSSR count). The lowest BCUT2D eigenvalue weighted by atomic mass is 9.99. The molecule has 6 aliphatic rings. The van der Waals surface area contributed by atoms with Crippen LogP contribution in [0.25, 0.3) is 0 Å². The Morgan fingerprint density at radius 3 is 1.61 bits per heavy atom. The van der Waals surface area contributed by atoms with E-state index in [2.05, 4.69) is 45.8 Å². The summed E-state index contributed by atoms with van der Waals surface area (Å²) in [7, 11) is -6.98. The number of urea groups is 1. The molecule has 2 unspecified atom stereocenters. The Balaban J connectivity index is 0.000000159. The monoisotopic (exact) mass is 810 g/mol. The van der Waals surface area contributed by atoms with Gasteiger partial charge in [-0.1, -0.05) is 38.8 Å². The van der Waals surface area contributed by atoms with Crippen LogP contribution in [-0.4, -0.2) is 82.4 Å². The molecule has 4 aliphatic carbocycles. The SMILES string of the molecule is CCN1CCCCC1CS(=O)(=O)NC(=O)Nc1c2c(cc3c1CCC3)CCC2.CCN1CCCCC1CS(N)(=O)=O.N#COc1c2c(cc3c1CCC3)CCC2. The highest BCUT2D eigenvalue weighted by Gasteiger charge is 2.30. The van der Waals surface area contributed by atoms with Crippen LogP contribution in [-0.2, 0) is 71.4 Å². The van der Waals surface area contributed by atoms with Gasteiger partial charge in [0.1, 0.15) is 5.75 Å². The molecule has 0 spiro atoms. The predicted octanol–water partition coefficient (Wildman–Crippen LogP) is 5.66. The van der Waals surface area contributed by atoms with E-state index in [9.17, 15) is 21.6 Å². The summed E-state index contributed by atoms with van der Waals surface area (Å²) in [6, 6.07) is 4.17. The number of sulfonamides is 2. The third-order valence-electron chi connectivity index (χ3n) is 12.7. The summed E-state index contributed by atoms with van der Waals surface area (Å²) in [5, 5.41) is 16.7. The molecule has 2 aromatic carbocycles. The fraction of sp³-hybridized carbons (Fsp3) is 0.667. The molecule has 0 saturated carbocycles. The van der Waals surface area contributed by atoms with Crippen molar-refractivity contribution in [1.29, 1.82) is 5.26 Å². The van der Waals surface area contributed by atoms with Crippen molar-refractivity contribution in [1.82, 2.24) is 14.5 Å². The molecule has 14 heteroatoms. The molecular weight excluding hydrogens is 749 g/mol. The Morgan fingerprint density at radius 1 is 0.714 bits per heavy atom. The second-order valence-electron chi connectivity index (χ2n) is 16.3. The van der Waals surface area contributed by atoms with Crippen LogP contribution < -0.4 is 19.9 Å². The van der Waals surface area contributed by atoms with Crippen molar-refractivity contribution < 1.29 is 26.4 Å². The van der Waals surface area contributed by atoms with Crippen LogP contribution in [0.5, 0.6) is 5.75 Å². The van der Waals surface area contributed by atoms with E-state index < -0.39 is 26.1 Å². The van der Waals surface area contributed by atoms with E-state index in [1.807, 2.05) is 6.26 Å². The second-order valence-corrected chi connectivity index (χ2v) is 19.8. The molecule has 2 aromatic rings. The third-order valence-corrected chi connectivity index (χ3v) is 14.8. The summed E-state index contributed by atoms with van der Waals surface area (Å²) >= 11 is 0. The minimum absolute atomic E-state index is 0.00531. The van der Waals surface area contributed by atoms with Crippen LogP contribution in [0, 0.1) is 11.5 Å². The van der Waals surface area contributed by atoms with Crippen LogP contribution in [0.3, 0.4) is 0 Å². The van der Waals surface area contributed by atoms with Crippen molar-refractivity contribution in [2.75, 3.05) is 43.0 Å². The average molecular weight is 811 g/mol. The number of hydrogen-bond donors (Lipinski definition) is 3. The molecule has 56 heavy (non-hydrogen) atoms. The number of primary sulfonamides is 1. The van der Waals surface area contributed by atoms with Crippen LogP contribution in [0.2, 0.25) is 0 Å². The first-order valence-electron chi connectivity index (χ1n) is 21.1. The Hall–Kier alpha value is -3.22.